The summed E-state index contributed by atoms with van der Waals surface area (Å²) >= 11 is 6.17. The molecule has 5 nitrogen and oxygen atoms in total. The number of pyridine rings is 1. The number of hydrogen-bond acceptors (Lipinski definition) is 4. The molecule has 0 unspecified atom stereocenters. The van der Waals surface area contributed by atoms with E-state index in [1.165, 1.54) is 0 Å². The molecule has 1 aromatic heterocycles. The van der Waals surface area contributed by atoms with Gasteiger partial charge in [-0.15, -0.1) is 0 Å². The standard InChI is InChI=1S/C21H18ClN3O2/c1-13-5-6-14(22)12-18(13)24-20-19-17(4-3-11-23-19)21(26)25(20)15-7-9-16(27-2)10-8-15/h3-12,20,24H,1-2H3/t20-/m0/s1. The van der Waals surface area contributed by atoms with Crippen LogP contribution in [-0.4, -0.2) is 18.0 Å². The zero-order valence-corrected chi connectivity index (χ0v) is 15.7. The molecule has 0 saturated heterocycles. The third kappa shape index (κ3) is 3.11. The molecule has 0 spiro atoms. The van der Waals surface area contributed by atoms with Gasteiger partial charge in [-0.3, -0.25) is 14.7 Å². The Morgan fingerprint density at radius 2 is 1.93 bits per heavy atom. The van der Waals surface area contributed by atoms with Crippen molar-refractivity contribution in [2.45, 2.75) is 13.1 Å². The summed E-state index contributed by atoms with van der Waals surface area (Å²) in [6, 6.07) is 16.6. The maximum Gasteiger partial charge on any atom is 0.262 e. The van der Waals surface area contributed by atoms with Crippen LogP contribution in [0.5, 0.6) is 5.75 Å². The second-order valence-corrected chi connectivity index (χ2v) is 6.75. The summed E-state index contributed by atoms with van der Waals surface area (Å²) in [5.74, 6) is 0.636. The Morgan fingerprint density at radius 1 is 1.15 bits per heavy atom. The van der Waals surface area contributed by atoms with Gasteiger partial charge in [-0.1, -0.05) is 17.7 Å². The van der Waals surface area contributed by atoms with Gasteiger partial charge in [0.15, 0.2) is 6.17 Å². The van der Waals surface area contributed by atoms with E-state index in [4.69, 9.17) is 16.3 Å². The summed E-state index contributed by atoms with van der Waals surface area (Å²) < 4.78 is 5.23. The highest BCUT2D eigenvalue weighted by Crippen LogP contribution is 2.38. The average Bonchev–Trinajstić information content (AvgIpc) is 2.97. The van der Waals surface area contributed by atoms with Crippen LogP contribution in [0.3, 0.4) is 0 Å². The van der Waals surface area contributed by atoms with E-state index in [0.717, 1.165) is 22.7 Å². The smallest absolute Gasteiger partial charge is 0.262 e. The summed E-state index contributed by atoms with van der Waals surface area (Å²) in [6.45, 7) is 1.99. The van der Waals surface area contributed by atoms with E-state index >= 15 is 0 Å². The summed E-state index contributed by atoms with van der Waals surface area (Å²) in [7, 11) is 1.61. The number of rotatable bonds is 4. The van der Waals surface area contributed by atoms with Crippen LogP contribution in [-0.2, 0) is 0 Å². The normalized spacial score (nSPS) is 15.6. The van der Waals surface area contributed by atoms with Gasteiger partial charge < -0.3 is 10.1 Å². The Kier molecular flexibility index (Phi) is 4.46. The number of benzene rings is 2. The number of anilines is 2. The lowest BCUT2D eigenvalue weighted by molar-refractivity contribution is 0.0993. The van der Waals surface area contributed by atoms with Crippen LogP contribution in [0.25, 0.3) is 0 Å². The van der Waals surface area contributed by atoms with Gasteiger partial charge in [0.1, 0.15) is 5.75 Å². The van der Waals surface area contributed by atoms with E-state index < -0.39 is 6.17 Å². The molecule has 1 aliphatic rings. The molecule has 2 heterocycles. The second kappa shape index (κ2) is 6.93. The number of carbonyl (C=O) groups is 1. The highest BCUT2D eigenvalue weighted by molar-refractivity contribution is 6.30. The first-order chi connectivity index (χ1) is 13.1. The number of aryl methyl sites for hydroxylation is 1. The highest BCUT2D eigenvalue weighted by Gasteiger charge is 2.39. The number of hydrogen-bond donors (Lipinski definition) is 1. The van der Waals surface area contributed by atoms with Crippen molar-refractivity contribution in [2.75, 3.05) is 17.3 Å². The SMILES string of the molecule is COc1ccc(N2C(=O)c3cccnc3[C@H]2Nc2cc(Cl)ccc2C)cc1. The third-order valence-electron chi connectivity index (χ3n) is 4.65. The van der Waals surface area contributed by atoms with E-state index in [1.54, 1.807) is 30.3 Å². The van der Waals surface area contributed by atoms with Crippen LogP contribution < -0.4 is 15.0 Å². The van der Waals surface area contributed by atoms with Crippen LogP contribution in [0.2, 0.25) is 5.02 Å². The molecule has 1 N–H and O–H groups in total. The van der Waals surface area contributed by atoms with Crippen molar-refractivity contribution < 1.29 is 9.53 Å². The molecule has 0 aliphatic carbocycles. The number of amides is 1. The van der Waals surface area contributed by atoms with Crippen LogP contribution >= 0.6 is 11.6 Å². The average molecular weight is 380 g/mol. The lowest BCUT2D eigenvalue weighted by atomic mass is 10.1. The minimum atomic E-state index is -0.431. The van der Waals surface area contributed by atoms with Gasteiger partial charge in [-0.2, -0.15) is 0 Å². The molecule has 27 heavy (non-hydrogen) atoms. The van der Waals surface area contributed by atoms with Gasteiger partial charge >= 0.3 is 0 Å². The Hall–Kier alpha value is -3.05. The monoisotopic (exact) mass is 379 g/mol. The lowest BCUT2D eigenvalue weighted by Crippen LogP contribution is -2.32. The van der Waals surface area contributed by atoms with E-state index in [1.807, 2.05) is 49.4 Å². The van der Waals surface area contributed by atoms with E-state index in [0.29, 0.717) is 16.3 Å². The van der Waals surface area contributed by atoms with Crippen molar-refractivity contribution in [1.82, 2.24) is 4.98 Å². The predicted octanol–water partition coefficient (Wildman–Crippen LogP) is 4.82. The molecule has 6 heteroatoms. The molecule has 0 saturated carbocycles. The predicted molar refractivity (Wildman–Crippen MR) is 107 cm³/mol. The molecule has 4 rings (SSSR count). The molecular weight excluding hydrogens is 362 g/mol. The minimum Gasteiger partial charge on any atom is -0.497 e. The lowest BCUT2D eigenvalue weighted by Gasteiger charge is -2.27. The van der Waals surface area contributed by atoms with Crippen LogP contribution in [0, 0.1) is 6.92 Å². The maximum absolute atomic E-state index is 13.1. The van der Waals surface area contributed by atoms with Gasteiger partial charge in [-0.05, 0) is 61.0 Å². The molecule has 1 amide bonds. The fourth-order valence-corrected chi connectivity index (χ4v) is 3.40. The molecular formula is C21H18ClN3O2. The molecule has 1 atom stereocenters. The molecule has 2 aromatic carbocycles. The van der Waals surface area contributed by atoms with Crippen molar-refractivity contribution >= 4 is 28.9 Å². The number of methoxy groups -OCH3 is 1. The molecule has 1 aliphatic heterocycles. The summed E-state index contributed by atoms with van der Waals surface area (Å²) in [5, 5.41) is 4.07. The van der Waals surface area contributed by atoms with Gasteiger partial charge in [0.25, 0.3) is 5.91 Å². The van der Waals surface area contributed by atoms with Gasteiger partial charge in [0.2, 0.25) is 0 Å². The summed E-state index contributed by atoms with van der Waals surface area (Å²) in [6.07, 6.45) is 1.27. The van der Waals surface area contributed by atoms with Crippen LogP contribution in [0.1, 0.15) is 27.8 Å². The van der Waals surface area contributed by atoms with E-state index in [2.05, 4.69) is 10.3 Å². The molecule has 0 bridgehead atoms. The minimum absolute atomic E-state index is 0.0968. The quantitative estimate of drug-likeness (QED) is 0.705. The van der Waals surface area contributed by atoms with Crippen LogP contribution in [0.15, 0.2) is 60.8 Å². The number of ether oxygens (including phenoxy) is 1. The van der Waals surface area contributed by atoms with Crippen molar-refractivity contribution in [3.63, 3.8) is 0 Å². The van der Waals surface area contributed by atoms with Crippen molar-refractivity contribution in [1.29, 1.82) is 0 Å². The number of nitrogens with one attached hydrogen (secondary N) is 1. The number of fused-ring (bicyclic) bond motifs is 1. The Balaban J connectivity index is 1.78. The topological polar surface area (TPSA) is 54.5 Å². The Labute approximate surface area is 162 Å². The van der Waals surface area contributed by atoms with Gasteiger partial charge in [-0.25, -0.2) is 0 Å². The highest BCUT2D eigenvalue weighted by atomic mass is 35.5. The number of carbonyl (C=O) groups excluding carboxylic acids is 1. The first-order valence-electron chi connectivity index (χ1n) is 8.53. The first kappa shape index (κ1) is 17.4. The molecule has 3 aromatic rings. The Bertz CT molecular complexity index is 1000. The third-order valence-corrected chi connectivity index (χ3v) is 4.88. The van der Waals surface area contributed by atoms with Crippen molar-refractivity contribution in [3.8, 4) is 5.75 Å². The van der Waals surface area contributed by atoms with Gasteiger partial charge in [0, 0.05) is 22.6 Å². The number of halogens is 1. The fraction of sp³-hybridized carbons (Fsp3) is 0.143. The zero-order chi connectivity index (χ0) is 19.0. The van der Waals surface area contributed by atoms with Crippen molar-refractivity contribution in [3.05, 3.63) is 82.6 Å². The molecule has 136 valence electrons. The summed E-state index contributed by atoms with van der Waals surface area (Å²) in [5.41, 5.74) is 3.93. The molecule has 0 radical (unpaired) electrons. The molecule has 0 fully saturated rings. The first-order valence-corrected chi connectivity index (χ1v) is 8.91. The maximum atomic E-state index is 13.1. The van der Waals surface area contributed by atoms with Crippen molar-refractivity contribution in [2.24, 2.45) is 0 Å². The largest absolute Gasteiger partial charge is 0.497 e. The summed E-state index contributed by atoms with van der Waals surface area (Å²) in [4.78, 5) is 19.3. The van der Waals surface area contributed by atoms with E-state index in [-0.39, 0.29) is 5.91 Å². The second-order valence-electron chi connectivity index (χ2n) is 6.32. The van der Waals surface area contributed by atoms with E-state index in [9.17, 15) is 4.79 Å². The number of nitrogens with zero attached hydrogens (tertiary/aromatic N) is 2. The zero-order valence-electron chi connectivity index (χ0n) is 14.9. The van der Waals surface area contributed by atoms with Crippen LogP contribution in [0.4, 0.5) is 11.4 Å². The Morgan fingerprint density at radius 3 is 2.67 bits per heavy atom. The number of aromatic nitrogens is 1. The van der Waals surface area contributed by atoms with Gasteiger partial charge in [0.05, 0.1) is 18.4 Å². The fourth-order valence-electron chi connectivity index (χ4n) is 3.22.